The Labute approximate surface area is 118 Å². The molecule has 0 bridgehead atoms. The fourth-order valence-electron chi connectivity index (χ4n) is 2.40. The van der Waals surface area contributed by atoms with Gasteiger partial charge in [0.15, 0.2) is 0 Å². The smallest absolute Gasteiger partial charge is 0.129 e. The summed E-state index contributed by atoms with van der Waals surface area (Å²) in [4.78, 5) is 4.33. The van der Waals surface area contributed by atoms with Gasteiger partial charge in [-0.05, 0) is 23.8 Å². The molecule has 1 aromatic carbocycles. The predicted octanol–water partition coefficient (Wildman–Crippen LogP) is 3.03. The van der Waals surface area contributed by atoms with E-state index in [9.17, 15) is 0 Å². The highest BCUT2D eigenvalue weighted by Gasteiger charge is 2.21. The molecule has 0 radical (unpaired) electrons. The Morgan fingerprint density at radius 2 is 2.11 bits per heavy atom. The molecular weight excluding hydrogens is 258 g/mol. The highest BCUT2D eigenvalue weighted by Crippen LogP contribution is 2.28. The van der Waals surface area contributed by atoms with Gasteiger partial charge in [0.05, 0.1) is 0 Å². The Bertz CT molecular complexity index is 554. The van der Waals surface area contributed by atoms with Crippen molar-refractivity contribution in [1.82, 2.24) is 10.3 Å². The monoisotopic (exact) mass is 273 g/mol. The van der Waals surface area contributed by atoms with Crippen LogP contribution in [0.4, 0.5) is 5.82 Å². The SMILES string of the molecule is Clc1ccc(CNCC2CNc3ncccc32)cc1. The van der Waals surface area contributed by atoms with E-state index >= 15 is 0 Å². The molecule has 1 aromatic heterocycles. The molecule has 3 rings (SSSR count). The number of fused-ring (bicyclic) bond motifs is 1. The van der Waals surface area contributed by atoms with Crippen LogP contribution in [-0.2, 0) is 6.54 Å². The molecule has 2 heterocycles. The first-order valence-electron chi connectivity index (χ1n) is 6.47. The molecule has 0 saturated heterocycles. The normalized spacial score (nSPS) is 17.0. The van der Waals surface area contributed by atoms with Crippen molar-refractivity contribution in [2.45, 2.75) is 12.5 Å². The van der Waals surface area contributed by atoms with Crippen molar-refractivity contribution in [2.24, 2.45) is 0 Å². The van der Waals surface area contributed by atoms with Gasteiger partial charge in [-0.15, -0.1) is 0 Å². The number of anilines is 1. The Kier molecular flexibility index (Phi) is 3.67. The van der Waals surface area contributed by atoms with Gasteiger partial charge in [0, 0.05) is 42.3 Å². The Balaban J connectivity index is 1.55. The second-order valence-corrected chi connectivity index (χ2v) is 5.21. The summed E-state index contributed by atoms with van der Waals surface area (Å²) < 4.78 is 0. The van der Waals surface area contributed by atoms with Crippen LogP contribution in [0.2, 0.25) is 5.02 Å². The van der Waals surface area contributed by atoms with Gasteiger partial charge >= 0.3 is 0 Å². The zero-order chi connectivity index (χ0) is 13.1. The van der Waals surface area contributed by atoms with E-state index in [1.165, 1.54) is 11.1 Å². The van der Waals surface area contributed by atoms with Crippen LogP contribution in [0.3, 0.4) is 0 Å². The minimum atomic E-state index is 0.496. The van der Waals surface area contributed by atoms with E-state index in [0.29, 0.717) is 5.92 Å². The molecule has 4 heteroatoms. The lowest BCUT2D eigenvalue weighted by Gasteiger charge is -2.11. The average Bonchev–Trinajstić information content (AvgIpc) is 2.85. The predicted molar refractivity (Wildman–Crippen MR) is 78.6 cm³/mol. The molecule has 0 amide bonds. The molecule has 2 N–H and O–H groups in total. The van der Waals surface area contributed by atoms with Crippen molar-refractivity contribution in [3.8, 4) is 0 Å². The van der Waals surface area contributed by atoms with Crippen molar-refractivity contribution in [2.75, 3.05) is 18.4 Å². The fourth-order valence-corrected chi connectivity index (χ4v) is 2.53. The van der Waals surface area contributed by atoms with Gasteiger partial charge < -0.3 is 10.6 Å². The van der Waals surface area contributed by atoms with Crippen LogP contribution in [0, 0.1) is 0 Å². The second kappa shape index (κ2) is 5.59. The van der Waals surface area contributed by atoms with Gasteiger partial charge in [-0.3, -0.25) is 0 Å². The largest absolute Gasteiger partial charge is 0.369 e. The van der Waals surface area contributed by atoms with E-state index in [0.717, 1.165) is 30.5 Å². The maximum atomic E-state index is 5.87. The number of nitrogens with zero attached hydrogens (tertiary/aromatic N) is 1. The van der Waals surface area contributed by atoms with E-state index in [1.807, 2.05) is 24.4 Å². The van der Waals surface area contributed by atoms with Gasteiger partial charge in [-0.1, -0.05) is 29.8 Å². The van der Waals surface area contributed by atoms with Crippen LogP contribution in [0.25, 0.3) is 0 Å². The summed E-state index contributed by atoms with van der Waals surface area (Å²) in [6, 6.07) is 12.1. The van der Waals surface area contributed by atoms with Crippen molar-refractivity contribution in [3.05, 3.63) is 58.7 Å². The number of hydrogen-bond acceptors (Lipinski definition) is 3. The van der Waals surface area contributed by atoms with Crippen molar-refractivity contribution < 1.29 is 0 Å². The van der Waals surface area contributed by atoms with E-state index in [1.54, 1.807) is 0 Å². The fraction of sp³-hybridized carbons (Fsp3) is 0.267. The topological polar surface area (TPSA) is 37.0 Å². The first-order valence-corrected chi connectivity index (χ1v) is 6.84. The molecule has 3 nitrogen and oxygen atoms in total. The van der Waals surface area contributed by atoms with Crippen molar-refractivity contribution in [3.63, 3.8) is 0 Å². The molecule has 19 heavy (non-hydrogen) atoms. The third-order valence-corrected chi connectivity index (χ3v) is 3.68. The van der Waals surface area contributed by atoms with Gasteiger partial charge in [0.1, 0.15) is 5.82 Å². The lowest BCUT2D eigenvalue weighted by Crippen LogP contribution is -2.22. The molecule has 1 atom stereocenters. The average molecular weight is 274 g/mol. The number of halogens is 1. The number of pyridine rings is 1. The summed E-state index contributed by atoms with van der Waals surface area (Å²) in [6.45, 7) is 2.78. The minimum absolute atomic E-state index is 0.496. The molecule has 1 aliphatic heterocycles. The number of benzene rings is 1. The molecule has 98 valence electrons. The molecule has 1 unspecified atom stereocenters. The van der Waals surface area contributed by atoms with Crippen LogP contribution in [0.5, 0.6) is 0 Å². The van der Waals surface area contributed by atoms with E-state index in [2.05, 4.69) is 33.8 Å². The van der Waals surface area contributed by atoms with Gasteiger partial charge in [-0.25, -0.2) is 4.98 Å². The minimum Gasteiger partial charge on any atom is -0.369 e. The first kappa shape index (κ1) is 12.5. The Morgan fingerprint density at radius 1 is 1.26 bits per heavy atom. The van der Waals surface area contributed by atoms with Crippen LogP contribution in [0.1, 0.15) is 17.0 Å². The summed E-state index contributed by atoms with van der Waals surface area (Å²) >= 11 is 5.87. The Hall–Kier alpha value is -1.58. The molecule has 1 aliphatic rings. The molecule has 2 aromatic rings. The quantitative estimate of drug-likeness (QED) is 0.899. The van der Waals surface area contributed by atoms with Crippen LogP contribution < -0.4 is 10.6 Å². The zero-order valence-electron chi connectivity index (χ0n) is 10.6. The summed E-state index contributed by atoms with van der Waals surface area (Å²) in [6.07, 6.45) is 1.83. The van der Waals surface area contributed by atoms with Crippen LogP contribution in [-0.4, -0.2) is 18.1 Å². The summed E-state index contributed by atoms with van der Waals surface area (Å²) in [7, 11) is 0. The number of rotatable bonds is 4. The zero-order valence-corrected chi connectivity index (χ0v) is 11.3. The molecule has 0 spiro atoms. The van der Waals surface area contributed by atoms with Crippen molar-refractivity contribution >= 4 is 17.4 Å². The van der Waals surface area contributed by atoms with Crippen molar-refractivity contribution in [1.29, 1.82) is 0 Å². The Morgan fingerprint density at radius 3 is 2.95 bits per heavy atom. The van der Waals surface area contributed by atoms with Crippen LogP contribution >= 0.6 is 11.6 Å². The van der Waals surface area contributed by atoms with E-state index < -0.39 is 0 Å². The lowest BCUT2D eigenvalue weighted by molar-refractivity contribution is 0.613. The van der Waals surface area contributed by atoms with Gasteiger partial charge in [0.25, 0.3) is 0 Å². The summed E-state index contributed by atoms with van der Waals surface area (Å²) in [5.41, 5.74) is 2.56. The summed E-state index contributed by atoms with van der Waals surface area (Å²) in [5.74, 6) is 1.52. The third kappa shape index (κ3) is 2.88. The van der Waals surface area contributed by atoms with E-state index in [4.69, 9.17) is 11.6 Å². The number of hydrogen-bond donors (Lipinski definition) is 2. The van der Waals surface area contributed by atoms with Crippen LogP contribution in [0.15, 0.2) is 42.6 Å². The maximum absolute atomic E-state index is 5.87. The molecule has 0 saturated carbocycles. The van der Waals surface area contributed by atoms with E-state index in [-0.39, 0.29) is 0 Å². The standard InChI is InChI=1S/C15H16ClN3/c16-13-5-3-11(4-6-13)8-17-9-12-10-19-15-14(12)2-1-7-18-15/h1-7,12,17H,8-10H2,(H,18,19). The highest BCUT2D eigenvalue weighted by atomic mass is 35.5. The number of aromatic nitrogens is 1. The second-order valence-electron chi connectivity index (χ2n) is 4.78. The maximum Gasteiger partial charge on any atom is 0.129 e. The highest BCUT2D eigenvalue weighted by molar-refractivity contribution is 6.30. The lowest BCUT2D eigenvalue weighted by atomic mass is 10.0. The molecule has 0 aliphatic carbocycles. The third-order valence-electron chi connectivity index (χ3n) is 3.43. The molecular formula is C15H16ClN3. The first-order chi connectivity index (χ1) is 9.33. The summed E-state index contributed by atoms with van der Waals surface area (Å²) in [5, 5.41) is 7.61. The number of nitrogens with one attached hydrogen (secondary N) is 2. The van der Waals surface area contributed by atoms with Gasteiger partial charge in [-0.2, -0.15) is 0 Å². The van der Waals surface area contributed by atoms with Gasteiger partial charge in [0.2, 0.25) is 0 Å². The molecule has 0 fully saturated rings.